The Hall–Kier alpha value is -2.45. The van der Waals surface area contributed by atoms with Gasteiger partial charge in [0.05, 0.1) is 4.90 Å². The minimum Gasteiger partial charge on any atom is -0.348 e. The number of aromatic nitrogens is 1. The second-order valence-corrected chi connectivity index (χ2v) is 8.03. The average Bonchev–Trinajstić information content (AvgIpc) is 2.62. The molecule has 2 aromatic rings. The van der Waals surface area contributed by atoms with Gasteiger partial charge in [-0.25, -0.2) is 13.6 Å². The Kier molecular flexibility index (Phi) is 4.97. The van der Waals surface area contributed by atoms with E-state index in [0.717, 1.165) is 36.9 Å². The number of rotatable bonds is 4. The van der Waals surface area contributed by atoms with E-state index in [4.69, 9.17) is 5.14 Å². The molecule has 3 N–H and O–H groups in total. The third-order valence-electron chi connectivity index (χ3n) is 4.69. The van der Waals surface area contributed by atoms with E-state index in [1.165, 1.54) is 12.1 Å². The van der Waals surface area contributed by atoms with Crippen molar-refractivity contribution in [1.82, 2.24) is 9.88 Å². The van der Waals surface area contributed by atoms with Gasteiger partial charge in [-0.2, -0.15) is 0 Å². The molecule has 1 heterocycles. The van der Waals surface area contributed by atoms with Crippen molar-refractivity contribution in [2.75, 3.05) is 0 Å². The number of fused-ring (bicyclic) bond motifs is 1. The van der Waals surface area contributed by atoms with Gasteiger partial charge in [0, 0.05) is 19.3 Å². The van der Waals surface area contributed by atoms with Gasteiger partial charge in [-0.1, -0.05) is 12.1 Å². The quantitative estimate of drug-likeness (QED) is 0.825. The number of nitrogens with one attached hydrogen (secondary N) is 1. The molecule has 0 unspecified atom stereocenters. The van der Waals surface area contributed by atoms with Crippen molar-refractivity contribution in [2.45, 2.75) is 37.1 Å². The lowest BCUT2D eigenvalue weighted by molar-refractivity contribution is 0.0948. The lowest BCUT2D eigenvalue weighted by Gasteiger charge is -2.20. The van der Waals surface area contributed by atoms with Crippen LogP contribution in [0.3, 0.4) is 0 Å². The number of sulfonamides is 1. The summed E-state index contributed by atoms with van der Waals surface area (Å²) in [5.41, 5.74) is 2.61. The molecule has 7 nitrogen and oxygen atoms in total. The van der Waals surface area contributed by atoms with E-state index in [1.807, 2.05) is 0 Å². The maximum Gasteiger partial charge on any atom is 0.263 e. The molecule has 1 aliphatic carbocycles. The first kappa shape index (κ1) is 18.3. The third kappa shape index (κ3) is 3.71. The van der Waals surface area contributed by atoms with Crippen LogP contribution >= 0.6 is 0 Å². The highest BCUT2D eigenvalue weighted by Crippen LogP contribution is 2.20. The Labute approximate surface area is 151 Å². The van der Waals surface area contributed by atoms with E-state index in [0.29, 0.717) is 5.56 Å². The molecule has 0 bridgehead atoms. The van der Waals surface area contributed by atoms with Crippen molar-refractivity contribution in [2.24, 2.45) is 12.2 Å². The van der Waals surface area contributed by atoms with E-state index >= 15 is 0 Å². The Morgan fingerprint density at radius 3 is 2.50 bits per heavy atom. The van der Waals surface area contributed by atoms with E-state index in [2.05, 4.69) is 5.32 Å². The maximum atomic E-state index is 12.5. The van der Waals surface area contributed by atoms with Gasteiger partial charge in [-0.15, -0.1) is 0 Å². The summed E-state index contributed by atoms with van der Waals surface area (Å²) < 4.78 is 24.1. The second kappa shape index (κ2) is 7.05. The van der Waals surface area contributed by atoms with Crippen LogP contribution in [-0.4, -0.2) is 18.9 Å². The molecule has 0 saturated carbocycles. The van der Waals surface area contributed by atoms with Crippen LogP contribution in [0.2, 0.25) is 0 Å². The van der Waals surface area contributed by atoms with Crippen molar-refractivity contribution >= 4 is 15.9 Å². The molecular weight excluding hydrogens is 354 g/mol. The van der Waals surface area contributed by atoms with Gasteiger partial charge in [0.2, 0.25) is 10.0 Å². The number of carbonyl (C=O) groups excluding carboxylic acids is 1. The summed E-state index contributed by atoms with van der Waals surface area (Å²) in [5.74, 6) is -0.436. The van der Waals surface area contributed by atoms with Crippen LogP contribution < -0.4 is 16.0 Å². The van der Waals surface area contributed by atoms with Crippen LogP contribution in [0.4, 0.5) is 0 Å². The number of nitrogens with zero attached hydrogens (tertiary/aromatic N) is 1. The molecular formula is C18H21N3O4S. The summed E-state index contributed by atoms with van der Waals surface area (Å²) in [6, 6.07) is 7.62. The summed E-state index contributed by atoms with van der Waals surface area (Å²) in [6.45, 7) is 0.184. The first-order chi connectivity index (χ1) is 12.3. The van der Waals surface area contributed by atoms with Crippen LogP contribution in [0.15, 0.2) is 40.0 Å². The van der Waals surface area contributed by atoms with Gasteiger partial charge in [-0.3, -0.25) is 9.59 Å². The molecule has 0 fully saturated rings. The Morgan fingerprint density at radius 2 is 1.85 bits per heavy atom. The van der Waals surface area contributed by atoms with Crippen molar-refractivity contribution in [3.63, 3.8) is 0 Å². The highest BCUT2D eigenvalue weighted by Gasteiger charge is 2.19. The van der Waals surface area contributed by atoms with Crippen molar-refractivity contribution < 1.29 is 13.2 Å². The summed E-state index contributed by atoms with van der Waals surface area (Å²) in [6.07, 6.45) is 3.85. The van der Waals surface area contributed by atoms with E-state index < -0.39 is 15.9 Å². The Balaban J connectivity index is 1.77. The summed E-state index contributed by atoms with van der Waals surface area (Å²) >= 11 is 0. The lowest BCUT2D eigenvalue weighted by Crippen LogP contribution is -2.34. The number of primary sulfonamides is 1. The van der Waals surface area contributed by atoms with Gasteiger partial charge in [-0.05, 0) is 55.0 Å². The number of aryl methyl sites for hydroxylation is 1. The van der Waals surface area contributed by atoms with E-state index in [1.54, 1.807) is 29.8 Å². The highest BCUT2D eigenvalue weighted by molar-refractivity contribution is 7.89. The monoisotopic (exact) mass is 375 g/mol. The van der Waals surface area contributed by atoms with E-state index in [-0.39, 0.29) is 22.6 Å². The molecule has 1 aromatic heterocycles. The normalized spacial score (nSPS) is 13.9. The number of carbonyl (C=O) groups is 1. The number of benzene rings is 1. The molecule has 0 atom stereocenters. The molecule has 1 aromatic carbocycles. The zero-order valence-electron chi connectivity index (χ0n) is 14.5. The maximum absolute atomic E-state index is 12.5. The zero-order chi connectivity index (χ0) is 18.9. The van der Waals surface area contributed by atoms with Crippen LogP contribution in [-0.2, 0) is 36.5 Å². The predicted octanol–water partition coefficient (Wildman–Crippen LogP) is 0.841. The highest BCUT2D eigenvalue weighted by atomic mass is 32.2. The van der Waals surface area contributed by atoms with E-state index in [9.17, 15) is 18.0 Å². The molecule has 0 spiro atoms. The smallest absolute Gasteiger partial charge is 0.263 e. The minimum atomic E-state index is -3.74. The lowest BCUT2D eigenvalue weighted by atomic mass is 9.94. The zero-order valence-corrected chi connectivity index (χ0v) is 15.3. The van der Waals surface area contributed by atoms with Gasteiger partial charge in [0.1, 0.15) is 5.56 Å². The first-order valence-corrected chi connectivity index (χ1v) is 9.94. The average molecular weight is 375 g/mol. The Bertz CT molecular complexity index is 1010. The molecule has 1 amide bonds. The SMILES string of the molecule is Cn1c2c(cc(C(=O)NCc3ccc(S(N)(=O)=O)cc3)c1=O)CCCC2. The predicted molar refractivity (Wildman–Crippen MR) is 97.3 cm³/mol. The molecule has 0 saturated heterocycles. The van der Waals surface area contributed by atoms with Crippen LogP contribution in [0.25, 0.3) is 0 Å². The van der Waals surface area contributed by atoms with Crippen LogP contribution in [0.1, 0.15) is 40.0 Å². The van der Waals surface area contributed by atoms with Crippen molar-refractivity contribution in [3.05, 3.63) is 63.1 Å². The third-order valence-corrected chi connectivity index (χ3v) is 5.62. The largest absolute Gasteiger partial charge is 0.348 e. The molecule has 1 aliphatic rings. The summed E-state index contributed by atoms with van der Waals surface area (Å²) in [4.78, 5) is 24.9. The fourth-order valence-corrected chi connectivity index (χ4v) is 3.74. The number of nitrogens with two attached hydrogens (primary N) is 1. The number of hydrogen-bond donors (Lipinski definition) is 2. The number of pyridine rings is 1. The van der Waals surface area contributed by atoms with Crippen molar-refractivity contribution in [3.8, 4) is 0 Å². The summed E-state index contributed by atoms with van der Waals surface area (Å²) in [5, 5.41) is 7.77. The molecule has 0 radical (unpaired) electrons. The molecule has 0 aliphatic heterocycles. The standard InChI is InChI=1S/C18H21N3O4S/c1-21-16-5-3-2-4-13(16)10-15(18(21)23)17(22)20-11-12-6-8-14(9-7-12)26(19,24)25/h6-10H,2-5,11H2,1H3,(H,20,22)(H2,19,24,25). The van der Waals surface area contributed by atoms with Crippen LogP contribution in [0, 0.1) is 0 Å². The molecule has 3 rings (SSSR count). The molecule has 8 heteroatoms. The second-order valence-electron chi connectivity index (χ2n) is 6.47. The summed E-state index contributed by atoms with van der Waals surface area (Å²) in [7, 11) is -2.04. The first-order valence-electron chi connectivity index (χ1n) is 8.39. The minimum absolute atomic E-state index is 0.0103. The molecule has 26 heavy (non-hydrogen) atoms. The van der Waals surface area contributed by atoms with Gasteiger partial charge in [0.15, 0.2) is 0 Å². The fourth-order valence-electron chi connectivity index (χ4n) is 3.23. The number of hydrogen-bond acceptors (Lipinski definition) is 4. The number of amides is 1. The van der Waals surface area contributed by atoms with Gasteiger partial charge in [0.25, 0.3) is 11.5 Å². The van der Waals surface area contributed by atoms with Gasteiger partial charge >= 0.3 is 0 Å². The van der Waals surface area contributed by atoms with Gasteiger partial charge < -0.3 is 9.88 Å². The Morgan fingerprint density at radius 1 is 1.19 bits per heavy atom. The molecule has 138 valence electrons. The fraction of sp³-hybridized carbons (Fsp3) is 0.333. The van der Waals surface area contributed by atoms with Crippen LogP contribution in [0.5, 0.6) is 0 Å². The van der Waals surface area contributed by atoms with Crippen molar-refractivity contribution in [1.29, 1.82) is 0 Å². The topological polar surface area (TPSA) is 111 Å².